The van der Waals surface area contributed by atoms with E-state index < -0.39 is 29.7 Å². The number of methoxy groups -OCH3 is 2. The first-order chi connectivity index (χ1) is 22.9. The molecule has 1 aromatic heterocycles. The van der Waals surface area contributed by atoms with E-state index in [-0.39, 0.29) is 24.8 Å². The van der Waals surface area contributed by atoms with Gasteiger partial charge in [0.2, 0.25) is 0 Å². The molecular formula is C37H35N3O7. The van der Waals surface area contributed by atoms with Crippen molar-refractivity contribution >= 4 is 11.7 Å². The lowest BCUT2D eigenvalue weighted by Crippen LogP contribution is -2.38. The van der Waals surface area contributed by atoms with Gasteiger partial charge in [-0.25, -0.2) is 4.79 Å². The van der Waals surface area contributed by atoms with Crippen LogP contribution in [0.3, 0.4) is 0 Å². The number of rotatable bonds is 11. The Hall–Kier alpha value is -5.29. The number of carbonyl (C=O) groups excluding carboxylic acids is 1. The lowest BCUT2D eigenvalue weighted by atomic mass is 9.80. The fraction of sp³-hybridized carbons (Fsp3) is 0.216. The summed E-state index contributed by atoms with van der Waals surface area (Å²) in [6.07, 6.45) is -0.826. The molecule has 6 rings (SSSR count). The van der Waals surface area contributed by atoms with Gasteiger partial charge in [0.15, 0.2) is 0 Å². The second-order valence-corrected chi connectivity index (χ2v) is 11.1. The highest BCUT2D eigenvalue weighted by molar-refractivity contribution is 6.03. The topological polar surface area (TPSA) is 121 Å². The summed E-state index contributed by atoms with van der Waals surface area (Å²) in [5.41, 5.74) is 1.27. The summed E-state index contributed by atoms with van der Waals surface area (Å²) in [7, 11) is 3.23. The molecule has 5 aromatic rings. The van der Waals surface area contributed by atoms with Crippen LogP contribution in [0.2, 0.25) is 0 Å². The molecule has 1 fully saturated rings. The molecule has 1 aliphatic rings. The Labute approximate surface area is 272 Å². The third-order valence-electron chi connectivity index (χ3n) is 8.26. The summed E-state index contributed by atoms with van der Waals surface area (Å²) in [6.45, 7) is -0.00197. The van der Waals surface area contributed by atoms with Gasteiger partial charge in [0.1, 0.15) is 35.2 Å². The van der Waals surface area contributed by atoms with E-state index >= 15 is 0 Å². The molecule has 2 N–H and O–H groups in total. The van der Waals surface area contributed by atoms with Crippen LogP contribution in [-0.2, 0) is 15.1 Å². The largest absolute Gasteiger partial charge is 0.497 e. The van der Waals surface area contributed by atoms with Crippen LogP contribution in [0, 0.1) is 0 Å². The van der Waals surface area contributed by atoms with E-state index in [1.807, 2.05) is 84.9 Å². The maximum atomic E-state index is 13.0. The number of aliphatic hydroxyl groups excluding tert-OH is 1. The van der Waals surface area contributed by atoms with Crippen LogP contribution in [0.1, 0.15) is 39.7 Å². The minimum atomic E-state index is -1.10. The molecule has 1 saturated heterocycles. The van der Waals surface area contributed by atoms with Crippen molar-refractivity contribution in [2.24, 2.45) is 0 Å². The van der Waals surface area contributed by atoms with E-state index in [0.29, 0.717) is 17.1 Å². The van der Waals surface area contributed by atoms with Crippen molar-refractivity contribution in [1.29, 1.82) is 0 Å². The quantitative estimate of drug-likeness (QED) is 0.191. The molecule has 240 valence electrons. The standard InChI is InChI=1S/C37H35N3O7/c1-44-29-17-13-27(14-18-29)37(26-11-7-4-8-12-26,28-15-19-30(45-2)20-16-28)46-24-32-31(41)23-34(47-32)40-22-21-33(39-36(40)43)38-35(42)25-9-5-3-6-10-25/h3-22,31-32,34,41H,23-24H2,1-2H3,(H,38,39,42,43)/t31?,32-,34-/m1/s1. The minimum Gasteiger partial charge on any atom is -0.497 e. The number of amides is 1. The molecule has 0 spiro atoms. The fourth-order valence-electron chi connectivity index (χ4n) is 5.80. The van der Waals surface area contributed by atoms with Crippen molar-refractivity contribution in [3.8, 4) is 11.5 Å². The van der Waals surface area contributed by atoms with Gasteiger partial charge in [0.05, 0.1) is 26.9 Å². The third-order valence-corrected chi connectivity index (χ3v) is 8.26. The van der Waals surface area contributed by atoms with Crippen LogP contribution in [0.25, 0.3) is 0 Å². The van der Waals surface area contributed by atoms with Gasteiger partial charge in [-0.3, -0.25) is 9.36 Å². The number of nitrogens with one attached hydrogen (secondary N) is 1. The second kappa shape index (κ2) is 14.0. The summed E-state index contributed by atoms with van der Waals surface area (Å²) >= 11 is 0. The summed E-state index contributed by atoms with van der Waals surface area (Å²) in [5.74, 6) is 1.14. The minimum absolute atomic E-state index is 0.00197. The number of anilines is 1. The number of hydrogen-bond acceptors (Lipinski definition) is 8. The molecule has 1 unspecified atom stereocenters. The number of aromatic nitrogens is 2. The highest BCUT2D eigenvalue weighted by Crippen LogP contribution is 2.42. The molecule has 10 heteroatoms. The lowest BCUT2D eigenvalue weighted by molar-refractivity contribution is -0.0944. The first-order valence-corrected chi connectivity index (χ1v) is 15.2. The van der Waals surface area contributed by atoms with Gasteiger partial charge in [-0.15, -0.1) is 0 Å². The van der Waals surface area contributed by atoms with Crippen LogP contribution in [0.5, 0.6) is 11.5 Å². The van der Waals surface area contributed by atoms with Gasteiger partial charge in [-0.05, 0) is 59.2 Å². The smallest absolute Gasteiger partial charge is 0.351 e. The molecule has 0 saturated carbocycles. The van der Waals surface area contributed by atoms with E-state index in [1.165, 1.54) is 16.8 Å². The Morgan fingerprint density at radius 3 is 1.96 bits per heavy atom. The SMILES string of the molecule is COc1ccc(C(OC[C@H]2O[C@@H](n3ccc(NC(=O)c4ccccc4)nc3=O)CC2O)(c2ccccc2)c2ccc(OC)cc2)cc1. The van der Waals surface area contributed by atoms with Crippen LogP contribution >= 0.6 is 0 Å². The van der Waals surface area contributed by atoms with Gasteiger partial charge in [0, 0.05) is 18.2 Å². The maximum absolute atomic E-state index is 13.0. The normalized spacial score (nSPS) is 17.6. The lowest BCUT2D eigenvalue weighted by Gasteiger charge is -2.37. The van der Waals surface area contributed by atoms with Gasteiger partial charge in [-0.2, -0.15) is 4.98 Å². The van der Waals surface area contributed by atoms with Crippen LogP contribution in [-0.4, -0.2) is 53.6 Å². The predicted octanol–water partition coefficient (Wildman–Crippen LogP) is 5.17. The van der Waals surface area contributed by atoms with Crippen LogP contribution in [0.4, 0.5) is 5.82 Å². The zero-order valence-electron chi connectivity index (χ0n) is 26.0. The number of carbonyl (C=O) groups is 1. The van der Waals surface area contributed by atoms with E-state index in [2.05, 4.69) is 10.3 Å². The predicted molar refractivity (Wildman–Crippen MR) is 176 cm³/mol. The summed E-state index contributed by atoms with van der Waals surface area (Å²) in [5, 5.41) is 13.8. The summed E-state index contributed by atoms with van der Waals surface area (Å²) < 4.78 is 25.3. The molecule has 1 amide bonds. The fourth-order valence-corrected chi connectivity index (χ4v) is 5.80. The Morgan fingerprint density at radius 2 is 1.40 bits per heavy atom. The van der Waals surface area contributed by atoms with Crippen molar-refractivity contribution in [3.63, 3.8) is 0 Å². The number of benzene rings is 4. The molecule has 47 heavy (non-hydrogen) atoms. The zero-order valence-corrected chi connectivity index (χ0v) is 26.0. The van der Waals surface area contributed by atoms with Crippen LogP contribution in [0.15, 0.2) is 126 Å². The molecule has 10 nitrogen and oxygen atoms in total. The first kappa shape index (κ1) is 31.7. The molecule has 4 aromatic carbocycles. The van der Waals surface area contributed by atoms with Gasteiger partial charge >= 0.3 is 5.69 Å². The zero-order chi connectivity index (χ0) is 32.8. The number of aliphatic hydroxyl groups is 1. The van der Waals surface area contributed by atoms with E-state index in [4.69, 9.17) is 18.9 Å². The van der Waals surface area contributed by atoms with Crippen molar-refractivity contribution < 1.29 is 28.8 Å². The average molecular weight is 634 g/mol. The van der Waals surface area contributed by atoms with Crippen LogP contribution < -0.4 is 20.5 Å². The average Bonchev–Trinajstić information content (AvgIpc) is 3.49. The van der Waals surface area contributed by atoms with Crippen molar-refractivity contribution in [2.45, 2.75) is 30.5 Å². The van der Waals surface area contributed by atoms with E-state index in [1.54, 1.807) is 38.5 Å². The van der Waals surface area contributed by atoms with Crippen molar-refractivity contribution in [2.75, 3.05) is 26.1 Å². The van der Waals surface area contributed by atoms with Gasteiger partial charge in [-0.1, -0.05) is 72.8 Å². The Kier molecular flexibility index (Phi) is 9.44. The second-order valence-electron chi connectivity index (χ2n) is 11.1. The summed E-state index contributed by atoms with van der Waals surface area (Å²) in [6, 6.07) is 35.3. The number of nitrogens with zero attached hydrogens (tertiary/aromatic N) is 2. The summed E-state index contributed by atoms with van der Waals surface area (Å²) in [4.78, 5) is 29.6. The molecular weight excluding hydrogens is 598 g/mol. The monoisotopic (exact) mass is 633 g/mol. The van der Waals surface area contributed by atoms with Crippen molar-refractivity contribution in [1.82, 2.24) is 9.55 Å². The van der Waals surface area contributed by atoms with Crippen molar-refractivity contribution in [3.05, 3.63) is 154 Å². The number of ether oxygens (including phenoxy) is 4. The molecule has 1 aliphatic heterocycles. The van der Waals surface area contributed by atoms with Gasteiger partial charge in [0.25, 0.3) is 5.91 Å². The Balaban J connectivity index is 1.26. The number of hydrogen-bond donors (Lipinski definition) is 2. The maximum Gasteiger partial charge on any atom is 0.351 e. The first-order valence-electron chi connectivity index (χ1n) is 15.2. The molecule has 3 atom stereocenters. The van der Waals surface area contributed by atoms with E-state index in [0.717, 1.165) is 16.7 Å². The molecule has 2 heterocycles. The molecule has 0 bridgehead atoms. The van der Waals surface area contributed by atoms with Gasteiger partial charge < -0.3 is 29.4 Å². The molecule has 0 aliphatic carbocycles. The highest BCUT2D eigenvalue weighted by Gasteiger charge is 2.42. The Morgan fingerprint density at radius 1 is 0.851 bits per heavy atom. The highest BCUT2D eigenvalue weighted by atomic mass is 16.6. The molecule has 0 radical (unpaired) electrons. The Bertz CT molecular complexity index is 1800. The third kappa shape index (κ3) is 6.66. The van der Waals surface area contributed by atoms with E-state index in [9.17, 15) is 14.7 Å².